The maximum absolute atomic E-state index is 15.4. The Labute approximate surface area is 224 Å². The first kappa shape index (κ1) is 26.7. The maximum Gasteiger partial charge on any atom is 0.167 e. The first-order chi connectivity index (χ1) is 18.4. The quantitative estimate of drug-likeness (QED) is 0.382. The number of nitrogens with zero attached hydrogens (tertiary/aromatic N) is 2. The van der Waals surface area contributed by atoms with Gasteiger partial charge in [-0.3, -0.25) is 9.69 Å². The summed E-state index contributed by atoms with van der Waals surface area (Å²) < 4.78 is 35.1. The zero-order valence-electron chi connectivity index (χ0n) is 22.2. The van der Waals surface area contributed by atoms with Crippen molar-refractivity contribution >= 4 is 5.78 Å². The van der Waals surface area contributed by atoms with Crippen LogP contribution in [0.3, 0.4) is 0 Å². The fraction of sp³-hybridized carbons (Fsp3) is 0.406. The highest BCUT2D eigenvalue weighted by molar-refractivity contribution is 5.98. The zero-order chi connectivity index (χ0) is 26.6. The maximum atomic E-state index is 15.4. The summed E-state index contributed by atoms with van der Waals surface area (Å²) in [7, 11) is 0. The molecular formula is C32H36F2N2O2. The molecule has 0 N–H and O–H groups in total. The summed E-state index contributed by atoms with van der Waals surface area (Å²) in [5.74, 6) is -1.67. The number of hydrogen-bond acceptors (Lipinski definition) is 4. The van der Waals surface area contributed by atoms with E-state index in [2.05, 4.69) is 35.8 Å². The van der Waals surface area contributed by atoms with E-state index in [0.717, 1.165) is 56.1 Å². The van der Waals surface area contributed by atoms with Crippen molar-refractivity contribution < 1.29 is 18.3 Å². The van der Waals surface area contributed by atoms with Gasteiger partial charge < -0.3 is 9.64 Å². The molecule has 2 aliphatic rings. The standard InChI is InChI=1S/C32H36F2N2O2/c1-22-7-5-11-26(23(22)2)31-28(27-10-3-4-12-30(27)34)20-36(14-13-35-15-17-38-18-16-35)21-29(31)32(37)24-8-6-9-25(33)19-24/h3-12,19,28-29,31H,13-18,20-21H2,1-2H3/t28-,29+,31+/m1/s1. The second-order valence-corrected chi connectivity index (χ2v) is 10.6. The Morgan fingerprint density at radius 1 is 0.868 bits per heavy atom. The minimum atomic E-state index is -0.444. The number of benzene rings is 3. The summed E-state index contributed by atoms with van der Waals surface area (Å²) in [6.45, 7) is 10.2. The number of rotatable bonds is 7. The molecule has 0 aliphatic carbocycles. The molecule has 3 aromatic rings. The highest BCUT2D eigenvalue weighted by Gasteiger charge is 2.43. The van der Waals surface area contributed by atoms with Crippen LogP contribution in [0.25, 0.3) is 0 Å². The summed E-state index contributed by atoms with van der Waals surface area (Å²) in [5, 5.41) is 0. The van der Waals surface area contributed by atoms with Crippen LogP contribution in [-0.4, -0.2) is 68.1 Å². The van der Waals surface area contributed by atoms with Gasteiger partial charge in [0.1, 0.15) is 11.6 Å². The average Bonchev–Trinajstić information content (AvgIpc) is 2.93. The summed E-state index contributed by atoms with van der Waals surface area (Å²) in [4.78, 5) is 18.8. The second-order valence-electron chi connectivity index (χ2n) is 10.6. The van der Waals surface area contributed by atoms with Crippen LogP contribution < -0.4 is 0 Å². The van der Waals surface area contributed by atoms with Gasteiger partial charge in [-0.25, -0.2) is 8.78 Å². The average molecular weight is 519 g/mol. The van der Waals surface area contributed by atoms with Crippen molar-refractivity contribution in [2.75, 3.05) is 52.5 Å². The molecule has 5 rings (SSSR count). The number of halogens is 2. The molecule has 0 bridgehead atoms. The van der Waals surface area contributed by atoms with Gasteiger partial charge in [0.2, 0.25) is 0 Å². The number of carbonyl (C=O) groups excluding carboxylic acids is 1. The summed E-state index contributed by atoms with van der Waals surface area (Å²) in [6, 6.07) is 19.1. The van der Waals surface area contributed by atoms with Crippen molar-refractivity contribution in [3.8, 4) is 0 Å². The smallest absolute Gasteiger partial charge is 0.167 e. The first-order valence-electron chi connectivity index (χ1n) is 13.5. The third-order valence-electron chi connectivity index (χ3n) is 8.37. The molecule has 3 aromatic carbocycles. The molecule has 0 radical (unpaired) electrons. The number of aryl methyl sites for hydroxylation is 1. The molecule has 2 heterocycles. The Morgan fingerprint density at radius 2 is 1.58 bits per heavy atom. The number of carbonyl (C=O) groups is 1. The van der Waals surface area contributed by atoms with Crippen LogP contribution in [0.5, 0.6) is 0 Å². The lowest BCUT2D eigenvalue weighted by atomic mass is 9.67. The van der Waals surface area contributed by atoms with Gasteiger partial charge in [-0.15, -0.1) is 0 Å². The van der Waals surface area contributed by atoms with Crippen molar-refractivity contribution in [2.24, 2.45) is 5.92 Å². The number of hydrogen-bond donors (Lipinski definition) is 0. The van der Waals surface area contributed by atoms with Gasteiger partial charge in [-0.1, -0.05) is 48.5 Å². The predicted molar refractivity (Wildman–Crippen MR) is 146 cm³/mol. The third kappa shape index (κ3) is 5.73. The molecule has 0 spiro atoms. The van der Waals surface area contributed by atoms with E-state index in [1.54, 1.807) is 18.2 Å². The zero-order valence-corrected chi connectivity index (χ0v) is 22.2. The molecule has 2 saturated heterocycles. The highest BCUT2D eigenvalue weighted by atomic mass is 19.1. The lowest BCUT2D eigenvalue weighted by molar-refractivity contribution is 0.0286. The highest BCUT2D eigenvalue weighted by Crippen LogP contribution is 2.46. The lowest BCUT2D eigenvalue weighted by Gasteiger charge is -2.45. The van der Waals surface area contributed by atoms with Crippen LogP contribution in [0.1, 0.15) is 44.4 Å². The Hall–Kier alpha value is -2.93. The van der Waals surface area contributed by atoms with E-state index in [1.165, 1.54) is 18.2 Å². The van der Waals surface area contributed by atoms with E-state index < -0.39 is 11.7 Å². The summed E-state index contributed by atoms with van der Waals surface area (Å²) >= 11 is 0. The molecule has 0 amide bonds. The van der Waals surface area contributed by atoms with E-state index >= 15 is 4.39 Å². The van der Waals surface area contributed by atoms with Gasteiger partial charge in [-0.2, -0.15) is 0 Å². The monoisotopic (exact) mass is 518 g/mol. The van der Waals surface area contributed by atoms with Gasteiger partial charge in [-0.05, 0) is 54.3 Å². The van der Waals surface area contributed by atoms with Crippen LogP contribution >= 0.6 is 0 Å². The molecular weight excluding hydrogens is 482 g/mol. The van der Waals surface area contributed by atoms with Crippen LogP contribution in [0.4, 0.5) is 8.78 Å². The molecule has 0 unspecified atom stereocenters. The number of Topliss-reactive ketones (excluding diaryl/α,β-unsaturated/α-hetero) is 1. The fourth-order valence-electron chi connectivity index (χ4n) is 6.17. The molecule has 200 valence electrons. The van der Waals surface area contributed by atoms with E-state index in [9.17, 15) is 9.18 Å². The molecule has 4 nitrogen and oxygen atoms in total. The second kappa shape index (κ2) is 11.9. The van der Waals surface area contributed by atoms with Crippen LogP contribution in [0.15, 0.2) is 66.7 Å². The topological polar surface area (TPSA) is 32.8 Å². The first-order valence-corrected chi connectivity index (χ1v) is 13.5. The number of likely N-dealkylation sites (tertiary alicyclic amines) is 1. The molecule has 0 saturated carbocycles. The van der Waals surface area contributed by atoms with Crippen LogP contribution in [0, 0.1) is 31.4 Å². The van der Waals surface area contributed by atoms with Gasteiger partial charge in [0, 0.05) is 62.6 Å². The van der Waals surface area contributed by atoms with E-state index in [1.807, 2.05) is 18.2 Å². The Morgan fingerprint density at radius 3 is 2.34 bits per heavy atom. The Bertz CT molecular complexity index is 1270. The fourth-order valence-corrected chi connectivity index (χ4v) is 6.17. The number of morpholine rings is 1. The normalized spacial score (nSPS) is 22.9. The Kier molecular flexibility index (Phi) is 8.32. The van der Waals surface area contributed by atoms with E-state index in [0.29, 0.717) is 24.2 Å². The Balaban J connectivity index is 1.57. The SMILES string of the molecule is Cc1cccc([C@@H]2[C@@H](C(=O)c3cccc(F)c3)CN(CCN3CCOCC3)C[C@@H]2c2ccccc2F)c1C. The predicted octanol–water partition coefficient (Wildman–Crippen LogP) is 5.60. The van der Waals surface area contributed by atoms with Crippen molar-refractivity contribution in [3.63, 3.8) is 0 Å². The molecule has 0 aromatic heterocycles. The molecule has 6 heteroatoms. The number of ketones is 1. The van der Waals surface area contributed by atoms with Gasteiger partial charge >= 0.3 is 0 Å². The summed E-state index contributed by atoms with van der Waals surface area (Å²) in [5.41, 5.74) is 4.33. The number of ether oxygens (including phenoxy) is 1. The molecule has 2 aliphatic heterocycles. The minimum absolute atomic E-state index is 0.0900. The van der Waals surface area contributed by atoms with Gasteiger partial charge in [0.15, 0.2) is 5.78 Å². The molecule has 2 fully saturated rings. The van der Waals surface area contributed by atoms with Crippen molar-refractivity contribution in [3.05, 3.63) is 106 Å². The van der Waals surface area contributed by atoms with Gasteiger partial charge in [0.05, 0.1) is 13.2 Å². The minimum Gasteiger partial charge on any atom is -0.379 e. The van der Waals surface area contributed by atoms with Crippen molar-refractivity contribution in [1.29, 1.82) is 0 Å². The van der Waals surface area contributed by atoms with Crippen LogP contribution in [0.2, 0.25) is 0 Å². The third-order valence-corrected chi connectivity index (χ3v) is 8.37. The largest absolute Gasteiger partial charge is 0.379 e. The number of piperidine rings is 1. The van der Waals surface area contributed by atoms with Crippen molar-refractivity contribution in [2.45, 2.75) is 25.7 Å². The van der Waals surface area contributed by atoms with Gasteiger partial charge in [0.25, 0.3) is 0 Å². The van der Waals surface area contributed by atoms with Crippen molar-refractivity contribution in [1.82, 2.24) is 9.80 Å². The van der Waals surface area contributed by atoms with E-state index in [4.69, 9.17) is 4.74 Å². The van der Waals surface area contributed by atoms with E-state index in [-0.39, 0.29) is 23.4 Å². The summed E-state index contributed by atoms with van der Waals surface area (Å²) in [6.07, 6.45) is 0. The van der Waals surface area contributed by atoms with Crippen LogP contribution in [-0.2, 0) is 4.74 Å². The molecule has 38 heavy (non-hydrogen) atoms. The molecule has 3 atom stereocenters. The lowest BCUT2D eigenvalue weighted by Crippen LogP contribution is -2.50.